The van der Waals surface area contributed by atoms with E-state index < -0.39 is 22.6 Å². The highest BCUT2D eigenvalue weighted by atomic mass is 35.5. The monoisotopic (exact) mass is 621 g/mol. The number of fused-ring (bicyclic) bond motifs is 2. The Labute approximate surface area is 261 Å². The Morgan fingerprint density at radius 3 is 2.28 bits per heavy atom. The van der Waals surface area contributed by atoms with Gasteiger partial charge in [-0.15, -0.1) is 11.8 Å². The molecule has 10 heteroatoms. The fraction of sp³-hybridized carbons (Fsp3) is 0.424. The summed E-state index contributed by atoms with van der Waals surface area (Å²) in [4.78, 5) is 48.5. The molecule has 2 saturated heterocycles. The minimum Gasteiger partial charge on any atom is -0.494 e. The number of carbonyl (C=O) groups is 3. The number of hydrogen-bond donors (Lipinski definition) is 1. The van der Waals surface area contributed by atoms with Gasteiger partial charge < -0.3 is 24.5 Å². The molecule has 43 heavy (non-hydrogen) atoms. The first-order valence-corrected chi connectivity index (χ1v) is 16.2. The number of amides is 3. The van der Waals surface area contributed by atoms with E-state index in [9.17, 15) is 19.5 Å². The number of aliphatic hydroxyl groups is 1. The average Bonchev–Trinajstić information content (AvgIpc) is 3.31. The van der Waals surface area contributed by atoms with Crippen LogP contribution >= 0.6 is 23.4 Å². The highest BCUT2D eigenvalue weighted by molar-refractivity contribution is 8.02. The topological polar surface area (TPSA) is 90.4 Å². The van der Waals surface area contributed by atoms with E-state index in [1.807, 2.05) is 67.6 Å². The number of aliphatic hydroxyl groups excluding tert-OH is 1. The van der Waals surface area contributed by atoms with Crippen molar-refractivity contribution in [2.24, 2.45) is 11.8 Å². The Morgan fingerprint density at radius 2 is 1.58 bits per heavy atom. The molecule has 8 nitrogen and oxygen atoms in total. The number of benzene rings is 2. The minimum atomic E-state index is -0.885. The number of thioether (sulfide) groups is 1. The molecule has 0 saturated carbocycles. The molecule has 2 aromatic rings. The number of halogens is 1. The maximum Gasteiger partial charge on any atom is 0.251 e. The summed E-state index contributed by atoms with van der Waals surface area (Å²) in [6.45, 7) is 3.71. The van der Waals surface area contributed by atoms with E-state index in [1.54, 1.807) is 38.6 Å². The van der Waals surface area contributed by atoms with Gasteiger partial charge in [0.05, 0.1) is 23.2 Å². The van der Waals surface area contributed by atoms with Crippen molar-refractivity contribution in [1.82, 2.24) is 4.90 Å². The van der Waals surface area contributed by atoms with Crippen molar-refractivity contribution < 1.29 is 24.2 Å². The second-order valence-electron chi connectivity index (χ2n) is 11.3. The number of rotatable bonds is 9. The van der Waals surface area contributed by atoms with Crippen LogP contribution in [0.4, 0.5) is 11.4 Å². The van der Waals surface area contributed by atoms with E-state index >= 15 is 0 Å². The Balaban J connectivity index is 1.37. The molecule has 1 spiro atoms. The minimum absolute atomic E-state index is 0.0811. The zero-order valence-corrected chi connectivity index (χ0v) is 25.7. The molecule has 6 rings (SSSR count). The van der Waals surface area contributed by atoms with E-state index in [0.717, 1.165) is 17.9 Å². The lowest BCUT2D eigenvalue weighted by molar-refractivity contribution is -0.138. The lowest BCUT2D eigenvalue weighted by Crippen LogP contribution is -2.53. The summed E-state index contributed by atoms with van der Waals surface area (Å²) in [7, 11) is 0. The standard InChI is InChI=1S/C33H36ClN3O5S/c1-2-42-25-15-13-24(14-16-25)35-19-6-8-26-27(30(35)39)28-31(40)37(18-4-3-5-21-38)29-32(41)36(20-7-17-33(28,29)43-26)23-11-9-22(34)10-12-23/h6-17,26-29,38H,2-5,18-21H2,1H3/t26-,27+,28+,29?,33+/m1/s1. The number of unbranched alkanes of at least 4 members (excludes halogenated alkanes) is 2. The van der Waals surface area contributed by atoms with Crippen LogP contribution in [0.25, 0.3) is 0 Å². The van der Waals surface area contributed by atoms with Crippen molar-refractivity contribution in [1.29, 1.82) is 0 Å². The maximum atomic E-state index is 14.5. The third kappa shape index (κ3) is 5.25. The molecule has 0 radical (unpaired) electrons. The fourth-order valence-electron chi connectivity index (χ4n) is 6.92. The molecule has 1 N–H and O–H groups in total. The summed E-state index contributed by atoms with van der Waals surface area (Å²) in [5, 5.41) is 9.65. The lowest BCUT2D eigenvalue weighted by atomic mass is 9.78. The van der Waals surface area contributed by atoms with Crippen molar-refractivity contribution in [2.75, 3.05) is 42.6 Å². The van der Waals surface area contributed by atoms with E-state index in [1.165, 1.54) is 0 Å². The van der Waals surface area contributed by atoms with E-state index in [2.05, 4.69) is 0 Å². The first kappa shape index (κ1) is 29.8. The molecule has 4 aliphatic rings. The number of carbonyl (C=O) groups excluding carboxylic acids is 3. The molecule has 0 aliphatic carbocycles. The first-order valence-electron chi connectivity index (χ1n) is 14.9. The van der Waals surface area contributed by atoms with Crippen molar-refractivity contribution in [3.05, 3.63) is 77.9 Å². The predicted octanol–water partition coefficient (Wildman–Crippen LogP) is 4.70. The quantitative estimate of drug-likeness (QED) is 0.322. The van der Waals surface area contributed by atoms with Gasteiger partial charge in [0.15, 0.2) is 0 Å². The molecule has 4 aliphatic heterocycles. The molecule has 3 amide bonds. The second-order valence-corrected chi connectivity index (χ2v) is 13.2. The van der Waals surface area contributed by atoms with Gasteiger partial charge in [-0.3, -0.25) is 14.4 Å². The third-order valence-corrected chi connectivity index (χ3v) is 10.8. The van der Waals surface area contributed by atoms with Crippen LogP contribution in [0.5, 0.6) is 5.75 Å². The van der Waals surface area contributed by atoms with Gasteiger partial charge >= 0.3 is 0 Å². The summed E-state index contributed by atoms with van der Waals surface area (Å²) in [5.74, 6) is -0.990. The lowest BCUT2D eigenvalue weighted by Gasteiger charge is -2.35. The number of likely N-dealkylation sites (tertiary alicyclic amines) is 1. The highest BCUT2D eigenvalue weighted by Gasteiger charge is 2.71. The molecule has 226 valence electrons. The largest absolute Gasteiger partial charge is 0.494 e. The van der Waals surface area contributed by atoms with Crippen LogP contribution in [0.15, 0.2) is 72.8 Å². The van der Waals surface area contributed by atoms with Gasteiger partial charge in [0.1, 0.15) is 11.8 Å². The van der Waals surface area contributed by atoms with Crippen LogP contribution in [0.3, 0.4) is 0 Å². The molecule has 5 atom stereocenters. The molecular formula is C33H36ClN3O5S. The van der Waals surface area contributed by atoms with Crippen LogP contribution in [0, 0.1) is 11.8 Å². The summed E-state index contributed by atoms with van der Waals surface area (Å²) in [6.07, 6.45) is 10.1. The zero-order chi connectivity index (χ0) is 30.1. The van der Waals surface area contributed by atoms with Crippen LogP contribution < -0.4 is 14.5 Å². The van der Waals surface area contributed by atoms with Crippen LogP contribution in [0.1, 0.15) is 26.2 Å². The molecule has 4 heterocycles. The Kier molecular flexibility index (Phi) is 8.58. The third-order valence-electron chi connectivity index (χ3n) is 8.81. The summed E-state index contributed by atoms with van der Waals surface area (Å²) in [6, 6.07) is 13.8. The number of anilines is 2. The van der Waals surface area contributed by atoms with Crippen LogP contribution in [-0.4, -0.2) is 76.6 Å². The van der Waals surface area contributed by atoms with Gasteiger partial charge in [-0.1, -0.05) is 35.9 Å². The molecule has 2 fully saturated rings. The predicted molar refractivity (Wildman–Crippen MR) is 170 cm³/mol. The van der Waals surface area contributed by atoms with Crippen LogP contribution in [-0.2, 0) is 14.4 Å². The normalized spacial score (nSPS) is 28.1. The summed E-state index contributed by atoms with van der Waals surface area (Å²) < 4.78 is 4.71. The molecule has 0 bridgehead atoms. The Morgan fingerprint density at radius 1 is 0.907 bits per heavy atom. The van der Waals surface area contributed by atoms with Crippen molar-refractivity contribution >= 4 is 52.5 Å². The van der Waals surface area contributed by atoms with Crippen molar-refractivity contribution in [3.8, 4) is 5.75 Å². The van der Waals surface area contributed by atoms with Gasteiger partial charge in [-0.2, -0.15) is 0 Å². The van der Waals surface area contributed by atoms with Gasteiger partial charge in [0.2, 0.25) is 11.8 Å². The van der Waals surface area contributed by atoms with Gasteiger partial charge in [0.25, 0.3) is 5.91 Å². The Bertz CT molecular complexity index is 1430. The van der Waals surface area contributed by atoms with Gasteiger partial charge in [-0.05, 0) is 74.7 Å². The zero-order valence-electron chi connectivity index (χ0n) is 24.1. The average molecular weight is 622 g/mol. The number of hydrogen-bond acceptors (Lipinski definition) is 6. The van der Waals surface area contributed by atoms with Gasteiger partial charge in [0, 0.05) is 47.9 Å². The first-order chi connectivity index (χ1) is 20.9. The van der Waals surface area contributed by atoms with E-state index in [0.29, 0.717) is 49.8 Å². The van der Waals surface area contributed by atoms with E-state index in [-0.39, 0.29) is 29.6 Å². The molecule has 0 aromatic heterocycles. The Hall–Kier alpha value is -3.27. The molecule has 1 unspecified atom stereocenters. The molecule has 2 aromatic carbocycles. The number of nitrogens with zero attached hydrogens (tertiary/aromatic N) is 3. The van der Waals surface area contributed by atoms with Gasteiger partial charge in [-0.25, -0.2) is 0 Å². The fourth-order valence-corrected chi connectivity index (χ4v) is 9.05. The van der Waals surface area contributed by atoms with E-state index in [4.69, 9.17) is 16.3 Å². The van der Waals surface area contributed by atoms with Crippen molar-refractivity contribution in [2.45, 2.75) is 42.2 Å². The smallest absolute Gasteiger partial charge is 0.251 e. The van der Waals surface area contributed by atoms with Crippen LogP contribution in [0.2, 0.25) is 5.02 Å². The SMILES string of the molecule is CCOc1ccc(N2CC=C[C@H]3S[C@]45C=CCN(c6ccc(Cl)cc6)C(=O)C4N(CCCCCO)C(=O)[C@@H]5[C@H]3C2=O)cc1. The summed E-state index contributed by atoms with van der Waals surface area (Å²) in [5.41, 5.74) is 1.45. The summed E-state index contributed by atoms with van der Waals surface area (Å²) >= 11 is 7.72. The maximum absolute atomic E-state index is 14.5. The molecular weight excluding hydrogens is 586 g/mol. The number of ether oxygens (including phenoxy) is 1. The highest BCUT2D eigenvalue weighted by Crippen LogP contribution is 2.61. The second kappa shape index (κ2) is 12.4. The van der Waals surface area contributed by atoms with Crippen molar-refractivity contribution in [3.63, 3.8) is 0 Å².